The van der Waals surface area contributed by atoms with Crippen molar-refractivity contribution in [1.82, 2.24) is 4.90 Å². The van der Waals surface area contributed by atoms with Gasteiger partial charge in [0.15, 0.2) is 0 Å². The van der Waals surface area contributed by atoms with Crippen LogP contribution in [-0.4, -0.2) is 31.8 Å². The summed E-state index contributed by atoms with van der Waals surface area (Å²) in [6.45, 7) is 2.65. The van der Waals surface area contributed by atoms with Crippen molar-refractivity contribution in [1.29, 1.82) is 0 Å². The lowest BCUT2D eigenvalue weighted by atomic mass is 10.0. The molecule has 0 saturated carbocycles. The summed E-state index contributed by atoms with van der Waals surface area (Å²) in [7, 11) is 4.00. The van der Waals surface area contributed by atoms with Crippen LogP contribution in [0.2, 0.25) is 0 Å². The molecule has 2 nitrogen and oxygen atoms in total. The lowest BCUT2D eigenvalue weighted by Gasteiger charge is -2.15. The van der Waals surface area contributed by atoms with Gasteiger partial charge in [-0.2, -0.15) is 0 Å². The van der Waals surface area contributed by atoms with Gasteiger partial charge in [-0.1, -0.05) is 30.3 Å². The van der Waals surface area contributed by atoms with Crippen LogP contribution in [0.4, 0.5) is 0 Å². The molecule has 0 aliphatic carbocycles. The third-order valence-electron chi connectivity index (χ3n) is 2.25. The predicted molar refractivity (Wildman–Crippen MR) is 63.7 cm³/mol. The van der Waals surface area contributed by atoms with E-state index in [0.717, 1.165) is 29.5 Å². The maximum absolute atomic E-state index is 10.8. The third-order valence-corrected chi connectivity index (χ3v) is 2.25. The highest BCUT2D eigenvalue weighted by Crippen LogP contribution is 2.18. The van der Waals surface area contributed by atoms with Gasteiger partial charge in [-0.15, -0.1) is 0 Å². The molecule has 0 spiro atoms. The summed E-state index contributed by atoms with van der Waals surface area (Å²) in [4.78, 5) is 12.9. The molecule has 80 valence electrons. The van der Waals surface area contributed by atoms with E-state index in [1.807, 2.05) is 51.4 Å². The van der Waals surface area contributed by atoms with Crippen LogP contribution in [0.3, 0.4) is 0 Å². The van der Waals surface area contributed by atoms with Crippen molar-refractivity contribution < 1.29 is 4.79 Å². The Morgan fingerprint density at radius 1 is 1.27 bits per heavy atom. The lowest BCUT2D eigenvalue weighted by Crippen LogP contribution is -2.15. The summed E-state index contributed by atoms with van der Waals surface area (Å²) in [5.74, 6) is 0. The van der Waals surface area contributed by atoms with Gasteiger partial charge in [0.05, 0.1) is 0 Å². The first-order valence-electron chi connectivity index (χ1n) is 5.00. The first kappa shape index (κ1) is 11.7. The Labute approximate surface area is 91.2 Å². The Morgan fingerprint density at radius 3 is 2.33 bits per heavy atom. The zero-order chi connectivity index (χ0) is 11.3. The van der Waals surface area contributed by atoms with Crippen molar-refractivity contribution in [3.63, 3.8) is 0 Å². The Balaban J connectivity index is 3.08. The Bertz CT molecular complexity index is 352. The normalized spacial score (nSPS) is 12.5. The fourth-order valence-electron chi connectivity index (χ4n) is 1.47. The van der Waals surface area contributed by atoms with Crippen LogP contribution in [0.15, 0.2) is 35.9 Å². The Hall–Kier alpha value is -1.41. The summed E-state index contributed by atoms with van der Waals surface area (Å²) in [6, 6.07) is 10.0. The molecule has 0 aliphatic rings. The van der Waals surface area contributed by atoms with E-state index in [0.29, 0.717) is 0 Å². The highest BCUT2D eigenvalue weighted by Gasteiger charge is 2.06. The van der Waals surface area contributed by atoms with Crippen molar-refractivity contribution in [2.75, 3.05) is 20.6 Å². The largest absolute Gasteiger partial charge is 0.305 e. The van der Waals surface area contributed by atoms with Gasteiger partial charge in [0.2, 0.25) is 0 Å². The van der Waals surface area contributed by atoms with Crippen LogP contribution in [0.5, 0.6) is 0 Å². The molecule has 1 rings (SSSR count). The minimum Gasteiger partial charge on any atom is -0.305 e. The topological polar surface area (TPSA) is 20.3 Å². The summed E-state index contributed by atoms with van der Waals surface area (Å²) >= 11 is 0. The summed E-state index contributed by atoms with van der Waals surface area (Å²) < 4.78 is 0. The molecule has 1 aromatic carbocycles. The van der Waals surface area contributed by atoms with E-state index in [9.17, 15) is 4.79 Å². The van der Waals surface area contributed by atoms with Crippen LogP contribution >= 0.6 is 0 Å². The number of hydrogen-bond acceptors (Lipinski definition) is 2. The van der Waals surface area contributed by atoms with Crippen molar-refractivity contribution in [2.45, 2.75) is 6.92 Å². The third kappa shape index (κ3) is 3.33. The molecule has 0 aliphatic heterocycles. The van der Waals surface area contributed by atoms with Crippen LogP contribution < -0.4 is 0 Å². The van der Waals surface area contributed by atoms with Crippen molar-refractivity contribution in [2.24, 2.45) is 0 Å². The van der Waals surface area contributed by atoms with E-state index in [1.165, 1.54) is 0 Å². The van der Waals surface area contributed by atoms with E-state index in [-0.39, 0.29) is 0 Å². The number of likely N-dealkylation sites (N-methyl/N-ethyl adjacent to an activating group) is 1. The molecule has 0 N–H and O–H groups in total. The zero-order valence-electron chi connectivity index (χ0n) is 9.53. The van der Waals surface area contributed by atoms with E-state index in [2.05, 4.69) is 4.90 Å². The summed E-state index contributed by atoms with van der Waals surface area (Å²) in [6.07, 6.45) is 0.922. The number of aldehydes is 1. The quantitative estimate of drug-likeness (QED) is 0.552. The molecule has 2 heteroatoms. The molecule has 1 aromatic rings. The monoisotopic (exact) mass is 203 g/mol. The number of carbonyl (C=O) groups is 1. The molecular formula is C13H17NO. The maximum atomic E-state index is 10.8. The van der Waals surface area contributed by atoms with Gasteiger partial charge in [0.25, 0.3) is 0 Å². The molecule has 0 saturated heterocycles. The SMILES string of the molecule is CC(C=O)=C(CN(C)C)c1ccccc1. The molecular weight excluding hydrogens is 186 g/mol. The van der Waals surface area contributed by atoms with Gasteiger partial charge >= 0.3 is 0 Å². The zero-order valence-corrected chi connectivity index (χ0v) is 9.53. The minimum atomic E-state index is 0.786. The first-order valence-corrected chi connectivity index (χ1v) is 5.00. The molecule has 0 fully saturated rings. The predicted octanol–water partition coefficient (Wildman–Crippen LogP) is 2.22. The molecule has 0 radical (unpaired) electrons. The highest BCUT2D eigenvalue weighted by atomic mass is 16.1. The molecule has 0 atom stereocenters. The molecule has 0 bridgehead atoms. The molecule has 15 heavy (non-hydrogen) atoms. The number of hydrogen-bond donors (Lipinski definition) is 0. The van der Waals surface area contributed by atoms with E-state index < -0.39 is 0 Å². The molecule has 0 heterocycles. The summed E-state index contributed by atoms with van der Waals surface area (Å²) in [5, 5.41) is 0. The van der Waals surface area contributed by atoms with E-state index >= 15 is 0 Å². The minimum absolute atomic E-state index is 0.786. The average Bonchev–Trinajstić information content (AvgIpc) is 2.26. The fraction of sp³-hybridized carbons (Fsp3) is 0.308. The number of allylic oxidation sites excluding steroid dienone is 1. The standard InChI is InChI=1S/C13H17NO/c1-11(10-15)13(9-14(2)3)12-7-5-4-6-8-12/h4-8,10H,9H2,1-3H3. The maximum Gasteiger partial charge on any atom is 0.146 e. The van der Waals surface area contributed by atoms with Gasteiger partial charge in [0.1, 0.15) is 6.29 Å². The van der Waals surface area contributed by atoms with E-state index in [4.69, 9.17) is 0 Å². The van der Waals surface area contributed by atoms with Gasteiger partial charge < -0.3 is 4.90 Å². The van der Waals surface area contributed by atoms with E-state index in [1.54, 1.807) is 0 Å². The smallest absolute Gasteiger partial charge is 0.146 e. The second-order valence-corrected chi connectivity index (χ2v) is 3.88. The van der Waals surface area contributed by atoms with Gasteiger partial charge in [-0.3, -0.25) is 4.79 Å². The van der Waals surface area contributed by atoms with Crippen LogP contribution in [0.1, 0.15) is 12.5 Å². The second kappa shape index (κ2) is 5.47. The number of rotatable bonds is 4. The molecule has 0 unspecified atom stereocenters. The molecule has 0 amide bonds. The first-order chi connectivity index (χ1) is 7.15. The Morgan fingerprint density at radius 2 is 1.87 bits per heavy atom. The van der Waals surface area contributed by atoms with Crippen LogP contribution in [0, 0.1) is 0 Å². The second-order valence-electron chi connectivity index (χ2n) is 3.88. The van der Waals surface area contributed by atoms with Crippen LogP contribution in [-0.2, 0) is 4.79 Å². The van der Waals surface area contributed by atoms with Crippen molar-refractivity contribution in [3.05, 3.63) is 41.5 Å². The highest BCUT2D eigenvalue weighted by molar-refractivity contribution is 5.88. The fourth-order valence-corrected chi connectivity index (χ4v) is 1.47. The molecule has 0 aromatic heterocycles. The van der Waals surface area contributed by atoms with Crippen molar-refractivity contribution in [3.8, 4) is 0 Å². The number of carbonyl (C=O) groups excluding carboxylic acids is 1. The number of nitrogens with zero attached hydrogens (tertiary/aromatic N) is 1. The van der Waals surface area contributed by atoms with Gasteiger partial charge in [0, 0.05) is 6.54 Å². The number of benzene rings is 1. The lowest BCUT2D eigenvalue weighted by molar-refractivity contribution is -0.104. The van der Waals surface area contributed by atoms with Gasteiger partial charge in [-0.05, 0) is 37.7 Å². The van der Waals surface area contributed by atoms with Crippen molar-refractivity contribution >= 4 is 11.9 Å². The summed E-state index contributed by atoms with van der Waals surface area (Å²) in [5.41, 5.74) is 3.02. The Kier molecular flexibility index (Phi) is 4.25. The van der Waals surface area contributed by atoms with Gasteiger partial charge in [-0.25, -0.2) is 0 Å². The van der Waals surface area contributed by atoms with Crippen LogP contribution in [0.25, 0.3) is 5.57 Å². The average molecular weight is 203 g/mol.